The van der Waals surface area contributed by atoms with Crippen LogP contribution >= 0.6 is 12.2 Å². The number of nitrogens with one attached hydrogen (secondary N) is 1. The number of hydrogen-bond acceptors (Lipinski definition) is 4. The van der Waals surface area contributed by atoms with Crippen molar-refractivity contribution in [1.82, 2.24) is 14.9 Å². The number of pyridine rings is 1. The van der Waals surface area contributed by atoms with Crippen molar-refractivity contribution in [1.29, 1.82) is 0 Å². The van der Waals surface area contributed by atoms with Gasteiger partial charge in [-0.25, -0.2) is 0 Å². The summed E-state index contributed by atoms with van der Waals surface area (Å²) < 4.78 is 8.05. The highest BCUT2D eigenvalue weighted by Crippen LogP contribution is 2.43. The Kier molecular flexibility index (Phi) is 6.44. The molecule has 7 heteroatoms. The summed E-state index contributed by atoms with van der Waals surface area (Å²) >= 11 is 5.96. The van der Waals surface area contributed by atoms with Gasteiger partial charge in [0.2, 0.25) is 0 Å². The Hall–Kier alpha value is -2.90. The van der Waals surface area contributed by atoms with E-state index in [9.17, 15) is 0 Å². The molecule has 4 heterocycles. The van der Waals surface area contributed by atoms with E-state index in [-0.39, 0.29) is 12.1 Å². The van der Waals surface area contributed by atoms with Gasteiger partial charge >= 0.3 is 0 Å². The van der Waals surface area contributed by atoms with Crippen molar-refractivity contribution in [3.8, 4) is 0 Å². The summed E-state index contributed by atoms with van der Waals surface area (Å²) in [5.74, 6) is 0. The van der Waals surface area contributed by atoms with E-state index in [0.29, 0.717) is 6.04 Å². The Morgan fingerprint density at radius 2 is 1.66 bits per heavy atom. The summed E-state index contributed by atoms with van der Waals surface area (Å²) in [6, 6.07) is 20.0. The van der Waals surface area contributed by atoms with Crippen LogP contribution in [-0.2, 0) is 4.74 Å². The lowest BCUT2D eigenvalue weighted by atomic mass is 9.94. The SMILES string of the molecule is S=C1NC(c2ccccn2)C(c2cccn2C2CCCCC2)N1c1ccc(N2CCOCC2)cc1. The maximum absolute atomic E-state index is 5.96. The molecule has 0 spiro atoms. The molecule has 3 aliphatic rings. The van der Waals surface area contributed by atoms with Gasteiger partial charge in [0.15, 0.2) is 5.11 Å². The fraction of sp³-hybridized carbons (Fsp3) is 0.429. The summed E-state index contributed by atoms with van der Waals surface area (Å²) in [5.41, 5.74) is 4.67. The van der Waals surface area contributed by atoms with Crippen molar-refractivity contribution in [3.05, 3.63) is 78.4 Å². The van der Waals surface area contributed by atoms with Crippen molar-refractivity contribution in [3.63, 3.8) is 0 Å². The lowest BCUT2D eigenvalue weighted by molar-refractivity contribution is 0.122. The van der Waals surface area contributed by atoms with Gasteiger partial charge in [0.1, 0.15) is 6.04 Å². The van der Waals surface area contributed by atoms with Crippen molar-refractivity contribution < 1.29 is 4.74 Å². The number of hydrogen-bond donors (Lipinski definition) is 1. The molecule has 35 heavy (non-hydrogen) atoms. The summed E-state index contributed by atoms with van der Waals surface area (Å²) in [5, 5.41) is 4.37. The van der Waals surface area contributed by atoms with Gasteiger partial charge in [-0.05, 0) is 73.6 Å². The second-order valence-electron chi connectivity index (χ2n) is 9.74. The number of morpholine rings is 1. The van der Waals surface area contributed by atoms with Crippen LogP contribution in [-0.4, -0.2) is 41.0 Å². The third-order valence-electron chi connectivity index (χ3n) is 7.69. The largest absolute Gasteiger partial charge is 0.378 e. The van der Waals surface area contributed by atoms with E-state index in [2.05, 4.69) is 74.4 Å². The minimum atomic E-state index is -0.0140. The Morgan fingerprint density at radius 3 is 2.40 bits per heavy atom. The van der Waals surface area contributed by atoms with E-state index >= 15 is 0 Å². The first-order valence-corrected chi connectivity index (χ1v) is 13.3. The molecule has 1 N–H and O–H groups in total. The molecule has 0 bridgehead atoms. The molecule has 1 aliphatic carbocycles. The van der Waals surface area contributed by atoms with Crippen molar-refractivity contribution in [2.75, 3.05) is 36.1 Å². The zero-order chi connectivity index (χ0) is 23.6. The fourth-order valence-corrected chi connectivity index (χ4v) is 6.27. The zero-order valence-corrected chi connectivity index (χ0v) is 20.9. The number of ether oxygens (including phenoxy) is 1. The first-order valence-electron chi connectivity index (χ1n) is 12.9. The molecule has 2 aliphatic heterocycles. The van der Waals surface area contributed by atoms with E-state index in [1.54, 1.807) is 0 Å². The number of nitrogens with zero attached hydrogens (tertiary/aromatic N) is 4. The molecule has 6 rings (SSSR count). The zero-order valence-electron chi connectivity index (χ0n) is 20.1. The second kappa shape index (κ2) is 9.99. The third kappa shape index (κ3) is 4.43. The smallest absolute Gasteiger partial charge is 0.174 e. The summed E-state index contributed by atoms with van der Waals surface area (Å²) in [6.45, 7) is 3.44. The lowest BCUT2D eigenvalue weighted by Gasteiger charge is -2.33. The predicted molar refractivity (Wildman–Crippen MR) is 144 cm³/mol. The van der Waals surface area contributed by atoms with E-state index in [0.717, 1.165) is 42.8 Å². The maximum atomic E-state index is 5.96. The predicted octanol–water partition coefficient (Wildman–Crippen LogP) is 5.40. The maximum Gasteiger partial charge on any atom is 0.174 e. The van der Waals surface area contributed by atoms with Crippen molar-refractivity contribution in [2.45, 2.75) is 50.2 Å². The van der Waals surface area contributed by atoms with Crippen LogP contribution in [0.2, 0.25) is 0 Å². The third-order valence-corrected chi connectivity index (χ3v) is 8.00. The molecule has 2 atom stereocenters. The molecule has 1 saturated carbocycles. The van der Waals surface area contributed by atoms with Gasteiger partial charge in [0.05, 0.1) is 24.9 Å². The molecule has 3 aromatic rings. The number of aromatic nitrogens is 2. The molecule has 182 valence electrons. The molecule has 2 unspecified atom stereocenters. The van der Waals surface area contributed by atoms with E-state index in [4.69, 9.17) is 21.9 Å². The van der Waals surface area contributed by atoms with Gasteiger partial charge in [-0.1, -0.05) is 25.3 Å². The van der Waals surface area contributed by atoms with Gasteiger partial charge in [0, 0.05) is 48.6 Å². The molecule has 0 amide bonds. The molecule has 1 aromatic carbocycles. The highest BCUT2D eigenvalue weighted by molar-refractivity contribution is 7.80. The number of rotatable bonds is 5. The average Bonchev–Trinajstić information content (AvgIpc) is 3.55. The van der Waals surface area contributed by atoms with Crippen LogP contribution in [0, 0.1) is 0 Å². The Morgan fingerprint density at radius 1 is 0.886 bits per heavy atom. The van der Waals surface area contributed by atoms with Crippen LogP contribution < -0.4 is 15.1 Å². The fourth-order valence-electron chi connectivity index (χ4n) is 5.93. The van der Waals surface area contributed by atoms with Crippen molar-refractivity contribution in [2.24, 2.45) is 0 Å². The van der Waals surface area contributed by atoms with Gasteiger partial charge < -0.3 is 24.4 Å². The van der Waals surface area contributed by atoms with Crippen LogP contribution in [0.5, 0.6) is 0 Å². The molecular weight excluding hydrogens is 454 g/mol. The Bertz CT molecular complexity index is 1140. The van der Waals surface area contributed by atoms with Crippen molar-refractivity contribution >= 4 is 28.7 Å². The van der Waals surface area contributed by atoms with Crippen LogP contribution in [0.4, 0.5) is 11.4 Å². The molecular formula is C28H33N5OS. The molecule has 3 fully saturated rings. The number of benzene rings is 1. The first-order chi connectivity index (χ1) is 17.3. The quantitative estimate of drug-likeness (QED) is 0.486. The van der Waals surface area contributed by atoms with Crippen LogP contribution in [0.15, 0.2) is 67.0 Å². The molecule has 0 radical (unpaired) electrons. The van der Waals surface area contributed by atoms with Gasteiger partial charge in [-0.3, -0.25) is 4.98 Å². The molecule has 2 saturated heterocycles. The topological polar surface area (TPSA) is 45.6 Å². The molecule has 2 aromatic heterocycles. The number of anilines is 2. The van der Waals surface area contributed by atoms with Crippen LogP contribution in [0.25, 0.3) is 0 Å². The average molecular weight is 488 g/mol. The first kappa shape index (κ1) is 22.6. The van der Waals surface area contributed by atoms with Gasteiger partial charge in [0.25, 0.3) is 0 Å². The normalized spacial score (nSPS) is 23.5. The van der Waals surface area contributed by atoms with Gasteiger partial charge in [-0.15, -0.1) is 0 Å². The second-order valence-corrected chi connectivity index (χ2v) is 10.1. The highest BCUT2D eigenvalue weighted by atomic mass is 32.1. The van der Waals surface area contributed by atoms with Crippen LogP contribution in [0.3, 0.4) is 0 Å². The van der Waals surface area contributed by atoms with Gasteiger partial charge in [-0.2, -0.15) is 0 Å². The van der Waals surface area contributed by atoms with Crippen LogP contribution in [0.1, 0.15) is 61.6 Å². The Balaban J connectivity index is 1.38. The summed E-state index contributed by atoms with van der Waals surface area (Å²) in [6.07, 6.45) is 10.6. The summed E-state index contributed by atoms with van der Waals surface area (Å²) in [4.78, 5) is 9.41. The van der Waals surface area contributed by atoms with E-state index in [1.807, 2.05) is 12.3 Å². The van der Waals surface area contributed by atoms with E-state index in [1.165, 1.54) is 43.5 Å². The lowest BCUT2D eigenvalue weighted by Crippen LogP contribution is -2.36. The Labute approximate surface area is 212 Å². The highest BCUT2D eigenvalue weighted by Gasteiger charge is 2.42. The standard InChI is InChI=1S/C28H33N5OS/c35-28-30-26(24-9-4-5-15-29-24)27(25-10-6-16-32(25)22-7-2-1-3-8-22)33(28)23-13-11-21(12-14-23)31-17-19-34-20-18-31/h4-6,9-16,22,26-27H,1-3,7-8,17-20H2,(H,30,35). The molecule has 6 nitrogen and oxygen atoms in total. The minimum absolute atomic E-state index is 0.0140. The number of thiocarbonyl (C=S) groups is 1. The minimum Gasteiger partial charge on any atom is -0.378 e. The summed E-state index contributed by atoms with van der Waals surface area (Å²) in [7, 11) is 0. The monoisotopic (exact) mass is 487 g/mol. The van der Waals surface area contributed by atoms with E-state index < -0.39 is 0 Å².